The van der Waals surface area contributed by atoms with Crippen molar-refractivity contribution in [2.45, 2.75) is 19.8 Å². The molecule has 6 nitrogen and oxygen atoms in total. The van der Waals surface area contributed by atoms with Crippen molar-refractivity contribution in [3.8, 4) is 0 Å². The number of rotatable bonds is 6. The summed E-state index contributed by atoms with van der Waals surface area (Å²) in [6.45, 7) is 6.98. The highest BCUT2D eigenvalue weighted by Crippen LogP contribution is 2.19. The van der Waals surface area contributed by atoms with Crippen LogP contribution in [0.4, 0.5) is 17.5 Å². The summed E-state index contributed by atoms with van der Waals surface area (Å²) < 4.78 is 0. The molecule has 0 unspecified atom stereocenters. The summed E-state index contributed by atoms with van der Waals surface area (Å²) in [6, 6.07) is 10.6. The molecule has 0 amide bonds. The lowest BCUT2D eigenvalue weighted by Gasteiger charge is -2.36. The summed E-state index contributed by atoms with van der Waals surface area (Å²) in [5, 5.41) is 8.40. The average Bonchev–Trinajstić information content (AvgIpc) is 2.67. The van der Waals surface area contributed by atoms with Crippen molar-refractivity contribution in [2.75, 3.05) is 54.5 Å². The van der Waals surface area contributed by atoms with Gasteiger partial charge in [0, 0.05) is 45.5 Å². The zero-order valence-corrected chi connectivity index (χ0v) is 14.6. The van der Waals surface area contributed by atoms with E-state index in [0.717, 1.165) is 50.9 Å². The highest BCUT2D eigenvalue weighted by molar-refractivity contribution is 5.48. The van der Waals surface area contributed by atoms with Gasteiger partial charge in [-0.15, -0.1) is 5.10 Å². The number of piperazine rings is 1. The van der Waals surface area contributed by atoms with Gasteiger partial charge in [-0.25, -0.2) is 0 Å². The van der Waals surface area contributed by atoms with Gasteiger partial charge in [0.25, 0.3) is 0 Å². The summed E-state index contributed by atoms with van der Waals surface area (Å²) in [4.78, 5) is 11.5. The molecule has 2 aromatic rings. The number of para-hydroxylation sites is 1. The number of aromatic nitrogens is 3. The van der Waals surface area contributed by atoms with Crippen LogP contribution in [0, 0.1) is 0 Å². The highest BCUT2D eigenvalue weighted by atomic mass is 15.4. The molecular formula is C18H26N6. The molecule has 0 N–H and O–H groups in total. The SMILES string of the molecule is CCCCN(C)c1cnnc(N2CCN(c3ccccc3)CC2)n1. The summed E-state index contributed by atoms with van der Waals surface area (Å²) in [6.07, 6.45) is 4.09. The lowest BCUT2D eigenvalue weighted by atomic mass is 10.2. The van der Waals surface area contributed by atoms with Gasteiger partial charge < -0.3 is 14.7 Å². The van der Waals surface area contributed by atoms with Gasteiger partial charge >= 0.3 is 0 Å². The Kier molecular flexibility index (Phi) is 5.46. The number of nitrogens with zero attached hydrogens (tertiary/aromatic N) is 6. The molecule has 1 aromatic carbocycles. The van der Waals surface area contributed by atoms with Gasteiger partial charge in [-0.1, -0.05) is 31.5 Å². The fraction of sp³-hybridized carbons (Fsp3) is 0.500. The van der Waals surface area contributed by atoms with Crippen molar-refractivity contribution in [2.24, 2.45) is 0 Å². The van der Waals surface area contributed by atoms with Crippen molar-refractivity contribution in [1.29, 1.82) is 0 Å². The molecule has 0 radical (unpaired) electrons. The molecule has 0 atom stereocenters. The summed E-state index contributed by atoms with van der Waals surface area (Å²) in [5.74, 6) is 1.64. The fourth-order valence-electron chi connectivity index (χ4n) is 2.92. The van der Waals surface area contributed by atoms with E-state index in [9.17, 15) is 0 Å². The van der Waals surface area contributed by atoms with Crippen molar-refractivity contribution >= 4 is 17.5 Å². The van der Waals surface area contributed by atoms with Gasteiger partial charge in [-0.05, 0) is 18.6 Å². The fourth-order valence-corrected chi connectivity index (χ4v) is 2.92. The van der Waals surface area contributed by atoms with E-state index in [0.29, 0.717) is 0 Å². The van der Waals surface area contributed by atoms with E-state index < -0.39 is 0 Å². The lowest BCUT2D eigenvalue weighted by molar-refractivity contribution is 0.633. The first kappa shape index (κ1) is 16.5. The minimum atomic E-state index is 0.739. The molecular weight excluding hydrogens is 300 g/mol. The second-order valence-electron chi connectivity index (χ2n) is 6.20. The first-order chi connectivity index (χ1) is 11.8. The Labute approximate surface area is 144 Å². The van der Waals surface area contributed by atoms with Crippen LogP contribution >= 0.6 is 0 Å². The zero-order valence-electron chi connectivity index (χ0n) is 14.6. The molecule has 1 aliphatic heterocycles. The monoisotopic (exact) mass is 326 g/mol. The van der Waals surface area contributed by atoms with Crippen molar-refractivity contribution < 1.29 is 0 Å². The molecule has 24 heavy (non-hydrogen) atoms. The Morgan fingerprint density at radius 3 is 2.46 bits per heavy atom. The maximum atomic E-state index is 4.71. The maximum Gasteiger partial charge on any atom is 0.247 e. The van der Waals surface area contributed by atoms with Crippen LogP contribution in [0.25, 0.3) is 0 Å². The van der Waals surface area contributed by atoms with Gasteiger partial charge in [-0.2, -0.15) is 10.1 Å². The van der Waals surface area contributed by atoms with Crippen LogP contribution < -0.4 is 14.7 Å². The zero-order chi connectivity index (χ0) is 16.8. The van der Waals surface area contributed by atoms with Gasteiger partial charge in [0.1, 0.15) is 0 Å². The Hall–Kier alpha value is -2.37. The Morgan fingerprint density at radius 1 is 1.04 bits per heavy atom. The van der Waals surface area contributed by atoms with E-state index in [1.54, 1.807) is 6.20 Å². The standard InChI is InChI=1S/C18H26N6/c1-3-4-10-22(2)17-15-19-21-18(20-17)24-13-11-23(12-14-24)16-8-6-5-7-9-16/h5-9,15H,3-4,10-14H2,1-2H3. The third-order valence-corrected chi connectivity index (χ3v) is 4.46. The largest absolute Gasteiger partial charge is 0.368 e. The topological polar surface area (TPSA) is 48.4 Å². The molecule has 0 spiro atoms. The molecule has 0 aliphatic carbocycles. The first-order valence-electron chi connectivity index (χ1n) is 8.73. The number of hydrogen-bond acceptors (Lipinski definition) is 6. The normalized spacial score (nSPS) is 14.8. The number of anilines is 3. The van der Waals surface area contributed by atoms with E-state index in [1.165, 1.54) is 12.1 Å². The van der Waals surface area contributed by atoms with Crippen LogP contribution in [0.2, 0.25) is 0 Å². The van der Waals surface area contributed by atoms with E-state index in [2.05, 4.69) is 69.2 Å². The van der Waals surface area contributed by atoms with Crippen molar-refractivity contribution in [1.82, 2.24) is 15.2 Å². The first-order valence-corrected chi connectivity index (χ1v) is 8.73. The van der Waals surface area contributed by atoms with Crippen LogP contribution in [0.5, 0.6) is 0 Å². The molecule has 1 aromatic heterocycles. The molecule has 1 saturated heterocycles. The lowest BCUT2D eigenvalue weighted by Crippen LogP contribution is -2.47. The smallest absolute Gasteiger partial charge is 0.247 e. The van der Waals surface area contributed by atoms with Crippen LogP contribution in [0.3, 0.4) is 0 Å². The third kappa shape index (κ3) is 3.93. The molecule has 6 heteroatoms. The molecule has 0 saturated carbocycles. The summed E-state index contributed by atoms with van der Waals surface area (Å²) >= 11 is 0. The van der Waals surface area contributed by atoms with Crippen LogP contribution in [0.15, 0.2) is 36.5 Å². The van der Waals surface area contributed by atoms with E-state index in [4.69, 9.17) is 4.98 Å². The predicted molar refractivity (Wildman–Crippen MR) is 98.9 cm³/mol. The summed E-state index contributed by atoms with van der Waals surface area (Å²) in [7, 11) is 2.07. The average molecular weight is 326 g/mol. The molecule has 3 rings (SSSR count). The van der Waals surface area contributed by atoms with Crippen LogP contribution in [-0.2, 0) is 0 Å². The second kappa shape index (κ2) is 7.95. The Morgan fingerprint density at radius 2 is 1.75 bits per heavy atom. The minimum Gasteiger partial charge on any atom is -0.368 e. The number of hydrogen-bond donors (Lipinski definition) is 0. The molecule has 1 aliphatic rings. The Balaban J connectivity index is 1.62. The minimum absolute atomic E-state index is 0.739. The van der Waals surface area contributed by atoms with Gasteiger partial charge in [0.05, 0.1) is 6.20 Å². The maximum absolute atomic E-state index is 4.71. The number of unbranched alkanes of at least 4 members (excludes halogenated alkanes) is 1. The van der Waals surface area contributed by atoms with Gasteiger partial charge in [0.15, 0.2) is 5.82 Å². The van der Waals surface area contributed by atoms with Crippen LogP contribution in [0.1, 0.15) is 19.8 Å². The highest BCUT2D eigenvalue weighted by Gasteiger charge is 2.20. The Bertz CT molecular complexity index is 624. The summed E-state index contributed by atoms with van der Waals surface area (Å²) in [5.41, 5.74) is 1.28. The molecule has 128 valence electrons. The van der Waals surface area contributed by atoms with Crippen molar-refractivity contribution in [3.05, 3.63) is 36.5 Å². The van der Waals surface area contributed by atoms with Crippen LogP contribution in [-0.4, -0.2) is 55.0 Å². The second-order valence-corrected chi connectivity index (χ2v) is 6.20. The quantitative estimate of drug-likeness (QED) is 0.812. The van der Waals surface area contributed by atoms with Gasteiger partial charge in [-0.3, -0.25) is 0 Å². The van der Waals surface area contributed by atoms with E-state index in [1.807, 2.05) is 0 Å². The van der Waals surface area contributed by atoms with E-state index >= 15 is 0 Å². The molecule has 2 heterocycles. The number of benzene rings is 1. The van der Waals surface area contributed by atoms with Crippen molar-refractivity contribution in [3.63, 3.8) is 0 Å². The predicted octanol–water partition coefficient (Wildman–Crippen LogP) is 2.43. The van der Waals surface area contributed by atoms with Gasteiger partial charge in [0.2, 0.25) is 5.95 Å². The molecule has 0 bridgehead atoms. The van der Waals surface area contributed by atoms with E-state index in [-0.39, 0.29) is 0 Å². The third-order valence-electron chi connectivity index (χ3n) is 4.46. The molecule has 1 fully saturated rings.